The van der Waals surface area contributed by atoms with Crippen LogP contribution in [0.5, 0.6) is 0 Å². The summed E-state index contributed by atoms with van der Waals surface area (Å²) in [6.45, 7) is 3.51. The largest absolute Gasteiger partial charge is 0.379 e. The topological polar surface area (TPSA) is 18.5 Å². The second kappa shape index (κ2) is 2.51. The number of rotatable bonds is 0. The molecule has 58 valence electrons. The minimum Gasteiger partial charge on any atom is -0.379 e. The lowest BCUT2D eigenvalue weighted by atomic mass is 10.1. The minimum absolute atomic E-state index is 0.556. The normalized spacial score (nSPS) is 31.2. The van der Waals surface area contributed by atoms with E-state index < -0.39 is 0 Å². The lowest BCUT2D eigenvalue weighted by Gasteiger charge is -2.18. The molecule has 0 aromatic rings. The molecule has 0 bridgehead atoms. The summed E-state index contributed by atoms with van der Waals surface area (Å²) in [6, 6.07) is 0. The Morgan fingerprint density at radius 1 is 0.800 bits per heavy atom. The van der Waals surface area contributed by atoms with Crippen molar-refractivity contribution in [1.82, 2.24) is 0 Å². The van der Waals surface area contributed by atoms with Crippen molar-refractivity contribution in [2.24, 2.45) is 5.41 Å². The van der Waals surface area contributed by atoms with Crippen molar-refractivity contribution < 1.29 is 9.47 Å². The fraction of sp³-hybridized carbons (Fsp3) is 1.00. The van der Waals surface area contributed by atoms with Gasteiger partial charge < -0.3 is 9.47 Å². The van der Waals surface area contributed by atoms with Gasteiger partial charge in [-0.2, -0.15) is 0 Å². The summed E-state index contributed by atoms with van der Waals surface area (Å²) in [6.07, 6.45) is 3.93. The van der Waals surface area contributed by atoms with E-state index in [1.54, 1.807) is 0 Å². The van der Waals surface area contributed by atoms with Crippen LogP contribution in [0.4, 0.5) is 0 Å². The van der Waals surface area contributed by atoms with Crippen molar-refractivity contribution in [3.05, 3.63) is 0 Å². The predicted molar refractivity (Wildman–Crippen MR) is 37.9 cm³/mol. The lowest BCUT2D eigenvalue weighted by Crippen LogP contribution is -2.20. The maximum absolute atomic E-state index is 5.43. The van der Waals surface area contributed by atoms with E-state index in [9.17, 15) is 0 Å². The Hall–Kier alpha value is -0.0800. The van der Waals surface area contributed by atoms with E-state index in [-0.39, 0.29) is 0 Å². The highest BCUT2D eigenvalue weighted by molar-refractivity contribution is 4.92. The van der Waals surface area contributed by atoms with Crippen LogP contribution >= 0.6 is 0 Å². The van der Waals surface area contributed by atoms with Gasteiger partial charge in [-0.3, -0.25) is 0 Å². The van der Waals surface area contributed by atoms with E-state index >= 15 is 0 Å². The van der Waals surface area contributed by atoms with Crippen LogP contribution in [0.1, 0.15) is 19.3 Å². The van der Waals surface area contributed by atoms with Crippen molar-refractivity contribution >= 4 is 0 Å². The fourth-order valence-electron chi connectivity index (χ4n) is 1.44. The Morgan fingerprint density at radius 3 is 2.40 bits per heavy atom. The third kappa shape index (κ3) is 1.32. The van der Waals surface area contributed by atoms with Crippen LogP contribution in [0.15, 0.2) is 0 Å². The molecule has 1 aliphatic carbocycles. The average Bonchev–Trinajstić information content (AvgIpc) is 2.61. The fourth-order valence-corrected chi connectivity index (χ4v) is 1.44. The molecular formula is C8H14O2. The first kappa shape index (κ1) is 6.62. The molecule has 0 atom stereocenters. The van der Waals surface area contributed by atoms with E-state index in [1.807, 2.05) is 0 Å². The Morgan fingerprint density at radius 2 is 1.60 bits per heavy atom. The summed E-state index contributed by atoms with van der Waals surface area (Å²) < 4.78 is 10.8. The lowest BCUT2D eigenvalue weighted by molar-refractivity contribution is -0.00899. The van der Waals surface area contributed by atoms with Crippen LogP contribution in [0.3, 0.4) is 0 Å². The van der Waals surface area contributed by atoms with Crippen molar-refractivity contribution in [2.45, 2.75) is 19.3 Å². The molecule has 1 aliphatic heterocycles. The van der Waals surface area contributed by atoms with Gasteiger partial charge in [-0.05, 0) is 24.7 Å². The molecule has 2 nitrogen and oxygen atoms in total. The highest BCUT2D eigenvalue weighted by Gasteiger charge is 2.42. The summed E-state index contributed by atoms with van der Waals surface area (Å²) in [5.41, 5.74) is 0.556. The van der Waals surface area contributed by atoms with Crippen LogP contribution < -0.4 is 0 Å². The first-order valence-corrected chi connectivity index (χ1v) is 4.07. The number of ether oxygens (including phenoxy) is 2. The molecule has 1 saturated heterocycles. The van der Waals surface area contributed by atoms with Gasteiger partial charge >= 0.3 is 0 Å². The summed E-state index contributed by atoms with van der Waals surface area (Å²) in [5.74, 6) is 0. The zero-order valence-corrected chi connectivity index (χ0v) is 6.27. The summed E-state index contributed by atoms with van der Waals surface area (Å²) in [7, 11) is 0. The molecular weight excluding hydrogens is 128 g/mol. The predicted octanol–water partition coefficient (Wildman–Crippen LogP) is 1.20. The van der Waals surface area contributed by atoms with Gasteiger partial charge in [-0.15, -0.1) is 0 Å². The van der Waals surface area contributed by atoms with Crippen LogP contribution in [0.2, 0.25) is 0 Å². The zero-order chi connectivity index (χ0) is 6.86. The molecule has 0 N–H and O–H groups in total. The van der Waals surface area contributed by atoms with E-state index in [0.29, 0.717) is 5.41 Å². The standard InChI is InChI=1S/C8H14O2/c1-2-8(1)3-4-9-5-6-10-7-8/h1-7H2. The molecule has 0 aromatic heterocycles. The number of hydrogen-bond donors (Lipinski definition) is 0. The van der Waals surface area contributed by atoms with Crippen LogP contribution in [0, 0.1) is 5.41 Å². The third-order valence-electron chi connectivity index (χ3n) is 2.51. The van der Waals surface area contributed by atoms with Gasteiger partial charge in [0.2, 0.25) is 0 Å². The van der Waals surface area contributed by atoms with Gasteiger partial charge in [0.25, 0.3) is 0 Å². The van der Waals surface area contributed by atoms with Crippen molar-refractivity contribution in [2.75, 3.05) is 26.4 Å². The average molecular weight is 142 g/mol. The Labute approximate surface area is 61.5 Å². The minimum atomic E-state index is 0.556. The maximum Gasteiger partial charge on any atom is 0.0700 e. The highest BCUT2D eigenvalue weighted by atomic mass is 16.5. The molecule has 0 radical (unpaired) electrons. The molecule has 2 rings (SSSR count). The monoisotopic (exact) mass is 142 g/mol. The summed E-state index contributed by atoms with van der Waals surface area (Å²) >= 11 is 0. The van der Waals surface area contributed by atoms with Crippen LogP contribution in [-0.2, 0) is 9.47 Å². The van der Waals surface area contributed by atoms with Crippen molar-refractivity contribution in [1.29, 1.82) is 0 Å². The first-order valence-electron chi connectivity index (χ1n) is 4.07. The van der Waals surface area contributed by atoms with Gasteiger partial charge in [0.15, 0.2) is 0 Å². The molecule has 10 heavy (non-hydrogen) atoms. The SMILES string of the molecule is C1COCC2(CCO1)CC2. The molecule has 0 unspecified atom stereocenters. The van der Waals surface area contributed by atoms with Gasteiger partial charge in [0.05, 0.1) is 19.8 Å². The van der Waals surface area contributed by atoms with E-state index in [4.69, 9.17) is 9.47 Å². The number of hydrogen-bond acceptors (Lipinski definition) is 2. The van der Waals surface area contributed by atoms with Gasteiger partial charge in [0.1, 0.15) is 0 Å². The van der Waals surface area contributed by atoms with Crippen molar-refractivity contribution in [3.8, 4) is 0 Å². The maximum atomic E-state index is 5.43. The zero-order valence-electron chi connectivity index (χ0n) is 6.27. The van der Waals surface area contributed by atoms with Gasteiger partial charge in [0, 0.05) is 6.61 Å². The quantitative estimate of drug-likeness (QED) is 0.506. The van der Waals surface area contributed by atoms with E-state index in [1.165, 1.54) is 19.3 Å². The Kier molecular flexibility index (Phi) is 1.66. The van der Waals surface area contributed by atoms with Gasteiger partial charge in [-0.1, -0.05) is 0 Å². The molecule has 1 spiro atoms. The Bertz CT molecular complexity index is 108. The molecule has 1 saturated carbocycles. The summed E-state index contributed by atoms with van der Waals surface area (Å²) in [4.78, 5) is 0. The van der Waals surface area contributed by atoms with Gasteiger partial charge in [-0.25, -0.2) is 0 Å². The molecule has 2 fully saturated rings. The second-order valence-corrected chi connectivity index (χ2v) is 3.41. The Balaban J connectivity index is 1.84. The molecule has 0 amide bonds. The van der Waals surface area contributed by atoms with Crippen molar-refractivity contribution in [3.63, 3.8) is 0 Å². The third-order valence-corrected chi connectivity index (χ3v) is 2.51. The second-order valence-electron chi connectivity index (χ2n) is 3.41. The molecule has 2 heteroatoms. The van der Waals surface area contributed by atoms with E-state index in [2.05, 4.69) is 0 Å². The molecule has 1 heterocycles. The van der Waals surface area contributed by atoms with E-state index in [0.717, 1.165) is 26.4 Å². The van der Waals surface area contributed by atoms with Crippen LogP contribution in [0.25, 0.3) is 0 Å². The highest BCUT2D eigenvalue weighted by Crippen LogP contribution is 2.49. The molecule has 0 aromatic carbocycles. The summed E-state index contributed by atoms with van der Waals surface area (Å²) in [5, 5.41) is 0. The smallest absolute Gasteiger partial charge is 0.0700 e. The van der Waals surface area contributed by atoms with Crippen LogP contribution in [-0.4, -0.2) is 26.4 Å². The first-order chi connectivity index (χ1) is 4.91. The molecule has 2 aliphatic rings.